The quantitative estimate of drug-likeness (QED) is 0.387. The molecular weight excluding hydrogens is 398 g/mol. The van der Waals surface area contributed by atoms with Crippen molar-refractivity contribution >= 4 is 61.2 Å². The summed E-state index contributed by atoms with van der Waals surface area (Å²) in [5.41, 5.74) is 1.36. The molecule has 134 valence electrons. The van der Waals surface area contributed by atoms with Crippen molar-refractivity contribution in [1.29, 1.82) is 0 Å². The Bertz CT molecular complexity index is 1120. The average Bonchev–Trinajstić information content (AvgIpc) is 2.87. The summed E-state index contributed by atoms with van der Waals surface area (Å²) in [5, 5.41) is 26.7. The highest BCUT2D eigenvalue weighted by atomic mass is 35.5. The number of sulfonamides is 1. The largest absolute Gasteiger partial charge is 0.493 e. The van der Waals surface area contributed by atoms with Gasteiger partial charge in [-0.05, 0) is 54.7 Å². The second-order valence-electron chi connectivity index (χ2n) is 5.21. The first kappa shape index (κ1) is 18.3. The van der Waals surface area contributed by atoms with Crippen LogP contribution in [0.15, 0.2) is 57.6 Å². The number of hydrogen-bond donors (Lipinski definition) is 4. The van der Waals surface area contributed by atoms with Crippen molar-refractivity contribution in [2.24, 2.45) is 15.4 Å². The lowest BCUT2D eigenvalue weighted by molar-refractivity contribution is 0.459. The molecule has 5 N–H and O–H groups in total. The maximum absolute atomic E-state index is 11.2. The van der Waals surface area contributed by atoms with Crippen molar-refractivity contribution in [1.82, 2.24) is 4.98 Å². The molecule has 8 nitrogen and oxygen atoms in total. The summed E-state index contributed by atoms with van der Waals surface area (Å²) >= 11 is 11.0. The molecule has 0 fully saturated rings. The molecule has 0 unspecified atom stereocenters. The van der Waals surface area contributed by atoms with Crippen LogP contribution < -0.4 is 10.5 Å². The first-order valence-corrected chi connectivity index (χ1v) is 9.43. The van der Waals surface area contributed by atoms with Gasteiger partial charge in [0.2, 0.25) is 21.0 Å². The van der Waals surface area contributed by atoms with Crippen molar-refractivity contribution in [3.05, 3.63) is 47.5 Å². The smallest absolute Gasteiger partial charge is 0.238 e. The zero-order valence-electron chi connectivity index (χ0n) is 13.0. The van der Waals surface area contributed by atoms with E-state index >= 15 is 0 Å². The summed E-state index contributed by atoms with van der Waals surface area (Å²) in [6, 6.07) is 10.7. The van der Waals surface area contributed by atoms with Gasteiger partial charge in [0.15, 0.2) is 5.69 Å². The molecule has 0 atom stereocenters. The lowest BCUT2D eigenvalue weighted by atomic mass is 10.2. The molecule has 0 aliphatic heterocycles. The van der Waals surface area contributed by atoms with E-state index in [1.54, 1.807) is 18.2 Å². The second-order valence-corrected chi connectivity index (χ2v) is 7.60. The Morgan fingerprint density at radius 3 is 2.58 bits per heavy atom. The molecule has 3 aromatic rings. The summed E-state index contributed by atoms with van der Waals surface area (Å²) < 4.78 is 22.5. The van der Waals surface area contributed by atoms with Crippen molar-refractivity contribution < 1.29 is 13.5 Å². The Morgan fingerprint density at radius 2 is 1.92 bits per heavy atom. The van der Waals surface area contributed by atoms with Crippen molar-refractivity contribution in [2.45, 2.75) is 4.90 Å². The number of aromatic hydroxyl groups is 1. The van der Waals surface area contributed by atoms with Gasteiger partial charge in [0.05, 0.1) is 10.4 Å². The van der Waals surface area contributed by atoms with Crippen LogP contribution in [0.4, 0.5) is 11.4 Å². The van der Waals surface area contributed by atoms with Crippen LogP contribution in [0.3, 0.4) is 0 Å². The van der Waals surface area contributed by atoms with Gasteiger partial charge in [0.1, 0.15) is 0 Å². The number of thiocarbonyl (C=S) groups is 1. The van der Waals surface area contributed by atoms with Crippen molar-refractivity contribution in [3.63, 3.8) is 0 Å². The third kappa shape index (κ3) is 3.99. The molecule has 0 aliphatic carbocycles. The summed E-state index contributed by atoms with van der Waals surface area (Å²) in [7, 11) is -3.76. The first-order valence-electron chi connectivity index (χ1n) is 7.10. The van der Waals surface area contributed by atoms with Crippen LogP contribution in [-0.4, -0.2) is 23.6 Å². The Hall–Kier alpha value is -2.53. The monoisotopic (exact) mass is 409 g/mol. The fourth-order valence-electron chi connectivity index (χ4n) is 2.21. The topological polar surface area (TPSA) is 133 Å². The summed E-state index contributed by atoms with van der Waals surface area (Å²) in [4.78, 5) is 2.74. The molecule has 0 spiro atoms. The molecule has 11 heteroatoms. The standard InChI is InChI=1S/C15H12ClN5O3S2/c16-8-1-6-12-11(7-8)13(14(22)19-12)20-21-15(25)18-9-2-4-10(5-3-9)26(17,23)24/h1-7,19,22H,(H,18,25)(H2,17,23,24). The molecule has 0 saturated heterocycles. The average molecular weight is 410 g/mol. The van der Waals surface area contributed by atoms with E-state index in [1.165, 1.54) is 24.3 Å². The van der Waals surface area contributed by atoms with Crippen molar-refractivity contribution in [3.8, 4) is 5.88 Å². The molecule has 0 bridgehead atoms. The number of aromatic amines is 1. The number of hydrogen-bond acceptors (Lipinski definition) is 5. The van der Waals surface area contributed by atoms with E-state index in [1.807, 2.05) is 0 Å². The van der Waals surface area contributed by atoms with Crippen molar-refractivity contribution in [2.75, 3.05) is 5.32 Å². The summed E-state index contributed by atoms with van der Waals surface area (Å²) in [5.74, 6) is -0.161. The molecule has 0 saturated carbocycles. The molecule has 1 aromatic heterocycles. The van der Waals surface area contributed by atoms with E-state index in [2.05, 4.69) is 20.5 Å². The first-order chi connectivity index (χ1) is 12.2. The minimum atomic E-state index is -3.76. The van der Waals surface area contributed by atoms with Crippen LogP contribution >= 0.6 is 23.8 Å². The van der Waals surface area contributed by atoms with Gasteiger partial charge in [-0.3, -0.25) is 0 Å². The number of anilines is 1. The van der Waals surface area contributed by atoms with E-state index in [9.17, 15) is 13.5 Å². The third-order valence-electron chi connectivity index (χ3n) is 3.39. The Morgan fingerprint density at radius 1 is 1.23 bits per heavy atom. The summed E-state index contributed by atoms with van der Waals surface area (Å²) in [6.45, 7) is 0. The van der Waals surface area contributed by atoms with Gasteiger partial charge in [-0.15, -0.1) is 10.2 Å². The number of halogens is 1. The van der Waals surface area contributed by atoms with E-state index in [0.717, 1.165) is 0 Å². The van der Waals surface area contributed by atoms with E-state index in [0.29, 0.717) is 21.6 Å². The van der Waals surface area contributed by atoms with E-state index < -0.39 is 10.0 Å². The predicted molar refractivity (Wildman–Crippen MR) is 104 cm³/mol. The zero-order valence-corrected chi connectivity index (χ0v) is 15.4. The van der Waals surface area contributed by atoms with Crippen LogP contribution in [0.2, 0.25) is 5.02 Å². The fraction of sp³-hybridized carbons (Fsp3) is 0. The molecule has 1 heterocycles. The number of azo groups is 1. The maximum atomic E-state index is 11.2. The maximum Gasteiger partial charge on any atom is 0.238 e. The van der Waals surface area contributed by atoms with E-state index in [4.69, 9.17) is 29.0 Å². The second kappa shape index (κ2) is 7.00. The number of aromatic nitrogens is 1. The number of nitrogens with two attached hydrogens (primary N) is 1. The Balaban J connectivity index is 1.78. The van der Waals surface area contributed by atoms with Crippen LogP contribution in [0.25, 0.3) is 10.9 Å². The number of benzene rings is 2. The normalized spacial score (nSPS) is 11.9. The number of primary sulfonamides is 1. The molecule has 26 heavy (non-hydrogen) atoms. The molecule has 3 rings (SSSR count). The minimum absolute atomic E-state index is 0.0174. The number of H-pyrrole nitrogens is 1. The predicted octanol–water partition coefficient (Wildman–Crippen LogP) is 3.66. The summed E-state index contributed by atoms with van der Waals surface area (Å²) in [6.07, 6.45) is 0. The van der Waals surface area contributed by atoms with Gasteiger partial charge in [-0.25, -0.2) is 13.6 Å². The highest BCUT2D eigenvalue weighted by molar-refractivity contribution is 7.89. The minimum Gasteiger partial charge on any atom is -0.493 e. The molecule has 0 amide bonds. The van der Waals surface area contributed by atoms with Gasteiger partial charge in [-0.1, -0.05) is 11.6 Å². The van der Waals surface area contributed by atoms with Crippen LogP contribution in [0.5, 0.6) is 5.88 Å². The third-order valence-corrected chi connectivity index (χ3v) is 4.74. The van der Waals surface area contributed by atoms with Gasteiger partial charge in [0, 0.05) is 16.1 Å². The molecular formula is C15H12ClN5O3S2. The highest BCUT2D eigenvalue weighted by Crippen LogP contribution is 2.36. The van der Waals surface area contributed by atoms with E-state index in [-0.39, 0.29) is 21.6 Å². The Kier molecular flexibility index (Phi) is 4.92. The lowest BCUT2D eigenvalue weighted by Crippen LogP contribution is -2.12. The molecule has 2 aromatic carbocycles. The highest BCUT2D eigenvalue weighted by Gasteiger charge is 2.11. The zero-order chi connectivity index (χ0) is 18.9. The van der Waals surface area contributed by atoms with Crippen LogP contribution in [-0.2, 0) is 10.0 Å². The van der Waals surface area contributed by atoms with Crippen LogP contribution in [0.1, 0.15) is 0 Å². The lowest BCUT2D eigenvalue weighted by Gasteiger charge is -2.04. The van der Waals surface area contributed by atoms with Gasteiger partial charge in [0.25, 0.3) is 0 Å². The van der Waals surface area contributed by atoms with Crippen LogP contribution in [0, 0.1) is 0 Å². The number of fused-ring (bicyclic) bond motifs is 1. The fourth-order valence-corrected chi connectivity index (χ4v) is 3.05. The Labute approximate surface area is 158 Å². The van der Waals surface area contributed by atoms with Gasteiger partial charge in [-0.2, -0.15) is 0 Å². The SMILES string of the molecule is NS(=O)(=O)c1ccc(NC(=S)N=Nc2c(O)[nH]c3ccc(Cl)cc23)cc1. The number of nitrogens with zero attached hydrogens (tertiary/aromatic N) is 2. The molecule has 0 aliphatic rings. The number of rotatable bonds is 3. The van der Waals surface area contributed by atoms with Gasteiger partial charge < -0.3 is 15.4 Å². The molecule has 0 radical (unpaired) electrons. The number of nitrogens with one attached hydrogen (secondary N) is 2. The van der Waals surface area contributed by atoms with Gasteiger partial charge >= 0.3 is 0 Å².